The summed E-state index contributed by atoms with van der Waals surface area (Å²) >= 11 is 4.14. The van der Waals surface area contributed by atoms with E-state index in [0.29, 0.717) is 0 Å². The van der Waals surface area contributed by atoms with Crippen LogP contribution in [0.15, 0.2) is 12.3 Å². The maximum absolute atomic E-state index is 4.14. The fourth-order valence-corrected chi connectivity index (χ4v) is 0.655. The Morgan fingerprint density at radius 1 is 1.71 bits per heavy atom. The molecule has 2 N–H and O–H groups in total. The van der Waals surface area contributed by atoms with Gasteiger partial charge < -0.3 is 5.43 Å². The van der Waals surface area contributed by atoms with Gasteiger partial charge in [-0.15, -0.1) is 0 Å². The molecule has 1 atom stereocenters. The highest BCUT2D eigenvalue weighted by atomic mass is 32.1. The van der Waals surface area contributed by atoms with Crippen LogP contribution in [0.3, 0.4) is 0 Å². The first-order valence-electron chi connectivity index (χ1n) is 2.24. The van der Waals surface area contributed by atoms with Gasteiger partial charge in [0, 0.05) is 6.20 Å². The summed E-state index contributed by atoms with van der Waals surface area (Å²) in [7, 11) is 0. The zero-order valence-corrected chi connectivity index (χ0v) is 4.78. The van der Waals surface area contributed by atoms with E-state index in [1.54, 1.807) is 0 Å². The van der Waals surface area contributed by atoms with Crippen molar-refractivity contribution in [3.05, 3.63) is 12.3 Å². The number of thiol groups is 1. The molecule has 0 fully saturated rings. The second-order valence-electron chi connectivity index (χ2n) is 1.44. The van der Waals surface area contributed by atoms with Gasteiger partial charge in [0.15, 0.2) is 0 Å². The Kier molecular flexibility index (Phi) is 1.59. The zero-order chi connectivity index (χ0) is 5.11. The average Bonchev–Trinajstić information content (AvgIpc) is 1.69. The molecule has 7 heavy (non-hydrogen) atoms. The van der Waals surface area contributed by atoms with Crippen LogP contribution in [0.1, 0.15) is 6.42 Å². The number of nitrogens with one attached hydrogen (secondary N) is 2. The van der Waals surface area contributed by atoms with Crippen LogP contribution in [0, 0.1) is 0 Å². The van der Waals surface area contributed by atoms with Gasteiger partial charge in [-0.2, -0.15) is 12.6 Å². The van der Waals surface area contributed by atoms with E-state index in [1.807, 2.05) is 12.3 Å². The molecule has 0 saturated heterocycles. The van der Waals surface area contributed by atoms with Crippen molar-refractivity contribution in [2.75, 3.05) is 0 Å². The van der Waals surface area contributed by atoms with Crippen molar-refractivity contribution >= 4 is 12.6 Å². The topological polar surface area (TPSA) is 24.1 Å². The highest BCUT2D eigenvalue weighted by Crippen LogP contribution is 1.98. The maximum atomic E-state index is 4.14. The SMILES string of the molecule is SC1CC=CNN1. The van der Waals surface area contributed by atoms with Gasteiger partial charge in [0.1, 0.15) is 0 Å². The Labute approximate surface area is 48.4 Å². The fraction of sp³-hybridized carbons (Fsp3) is 0.500. The molecule has 1 rings (SSSR count). The van der Waals surface area contributed by atoms with Crippen LogP contribution in [0.4, 0.5) is 0 Å². The van der Waals surface area contributed by atoms with Gasteiger partial charge in [-0.05, 0) is 6.42 Å². The van der Waals surface area contributed by atoms with Gasteiger partial charge in [-0.3, -0.25) is 0 Å². The zero-order valence-electron chi connectivity index (χ0n) is 3.89. The first kappa shape index (κ1) is 5.00. The van der Waals surface area contributed by atoms with Gasteiger partial charge in [0.25, 0.3) is 0 Å². The molecule has 0 spiro atoms. The number of hydrogen-bond donors (Lipinski definition) is 3. The molecule has 1 aliphatic heterocycles. The van der Waals surface area contributed by atoms with Crippen LogP contribution in [-0.2, 0) is 0 Å². The van der Waals surface area contributed by atoms with Crippen LogP contribution >= 0.6 is 12.6 Å². The van der Waals surface area contributed by atoms with Gasteiger partial charge >= 0.3 is 0 Å². The second kappa shape index (κ2) is 2.23. The molecule has 1 unspecified atom stereocenters. The van der Waals surface area contributed by atoms with Crippen molar-refractivity contribution in [3.8, 4) is 0 Å². The van der Waals surface area contributed by atoms with Gasteiger partial charge in [-0.25, -0.2) is 5.43 Å². The summed E-state index contributed by atoms with van der Waals surface area (Å²) in [6.45, 7) is 0. The molecule has 0 aliphatic carbocycles. The van der Waals surface area contributed by atoms with E-state index >= 15 is 0 Å². The van der Waals surface area contributed by atoms with Crippen molar-refractivity contribution in [2.24, 2.45) is 0 Å². The molecule has 3 heteroatoms. The molecular formula is C4H8N2S. The summed E-state index contributed by atoms with van der Waals surface area (Å²) in [5.41, 5.74) is 5.74. The lowest BCUT2D eigenvalue weighted by Gasteiger charge is -2.13. The molecule has 0 saturated carbocycles. The molecule has 0 aromatic heterocycles. The minimum Gasteiger partial charge on any atom is -0.328 e. The first-order valence-corrected chi connectivity index (χ1v) is 2.75. The summed E-state index contributed by atoms with van der Waals surface area (Å²) in [6, 6.07) is 0. The monoisotopic (exact) mass is 116 g/mol. The quantitative estimate of drug-likeness (QED) is 0.395. The third-order valence-electron chi connectivity index (χ3n) is 0.810. The number of hydrazine groups is 1. The molecule has 1 heterocycles. The minimum absolute atomic E-state index is 0.282. The Morgan fingerprint density at radius 2 is 2.57 bits per heavy atom. The molecule has 1 aliphatic rings. The third-order valence-corrected chi connectivity index (χ3v) is 1.15. The largest absolute Gasteiger partial charge is 0.328 e. The molecule has 0 aromatic carbocycles. The van der Waals surface area contributed by atoms with E-state index < -0.39 is 0 Å². The third kappa shape index (κ3) is 1.41. The smallest absolute Gasteiger partial charge is 0.0718 e. The Morgan fingerprint density at radius 3 is 2.86 bits per heavy atom. The standard InChI is InChI=1S/C4H8N2S/c7-4-2-1-3-5-6-4/h1,3-7H,2H2. The van der Waals surface area contributed by atoms with E-state index in [0.717, 1.165) is 6.42 Å². The van der Waals surface area contributed by atoms with E-state index in [9.17, 15) is 0 Å². The lowest BCUT2D eigenvalue weighted by Crippen LogP contribution is -2.36. The van der Waals surface area contributed by atoms with E-state index in [1.165, 1.54) is 0 Å². The van der Waals surface area contributed by atoms with E-state index in [4.69, 9.17) is 0 Å². The van der Waals surface area contributed by atoms with Crippen molar-refractivity contribution in [2.45, 2.75) is 11.8 Å². The summed E-state index contributed by atoms with van der Waals surface area (Å²) < 4.78 is 0. The van der Waals surface area contributed by atoms with Gasteiger partial charge in [-0.1, -0.05) is 6.08 Å². The van der Waals surface area contributed by atoms with Crippen molar-refractivity contribution < 1.29 is 0 Å². The van der Waals surface area contributed by atoms with Crippen molar-refractivity contribution in [1.29, 1.82) is 0 Å². The highest BCUT2D eigenvalue weighted by molar-refractivity contribution is 7.80. The summed E-state index contributed by atoms with van der Waals surface area (Å²) in [4.78, 5) is 0. The van der Waals surface area contributed by atoms with Crippen molar-refractivity contribution in [3.63, 3.8) is 0 Å². The van der Waals surface area contributed by atoms with Crippen LogP contribution < -0.4 is 10.9 Å². The van der Waals surface area contributed by atoms with Gasteiger partial charge in [0.05, 0.1) is 5.37 Å². The van der Waals surface area contributed by atoms with E-state index in [-0.39, 0.29) is 5.37 Å². The fourth-order valence-electron chi connectivity index (χ4n) is 0.459. The van der Waals surface area contributed by atoms with Gasteiger partial charge in [0.2, 0.25) is 0 Å². The molecule has 0 amide bonds. The maximum Gasteiger partial charge on any atom is 0.0718 e. The summed E-state index contributed by atoms with van der Waals surface area (Å²) in [6.07, 6.45) is 4.90. The molecule has 0 radical (unpaired) electrons. The summed E-state index contributed by atoms with van der Waals surface area (Å²) in [5.74, 6) is 0. The predicted octanol–water partition coefficient (Wildman–Crippen LogP) is 0.254. The lowest BCUT2D eigenvalue weighted by atomic mass is 10.4. The molecule has 0 bridgehead atoms. The average molecular weight is 116 g/mol. The Balaban J connectivity index is 2.32. The molecule has 2 nitrogen and oxygen atoms in total. The van der Waals surface area contributed by atoms with E-state index in [2.05, 4.69) is 23.5 Å². The van der Waals surface area contributed by atoms with Crippen LogP contribution in [0.25, 0.3) is 0 Å². The van der Waals surface area contributed by atoms with Crippen LogP contribution in [0.5, 0.6) is 0 Å². The van der Waals surface area contributed by atoms with Crippen molar-refractivity contribution in [1.82, 2.24) is 10.9 Å². The Hall–Kier alpha value is -0.150. The highest BCUT2D eigenvalue weighted by Gasteiger charge is 1.98. The van der Waals surface area contributed by atoms with Crippen LogP contribution in [-0.4, -0.2) is 5.37 Å². The first-order chi connectivity index (χ1) is 3.39. The molecular weight excluding hydrogens is 108 g/mol. The van der Waals surface area contributed by atoms with Crippen LogP contribution in [0.2, 0.25) is 0 Å². The molecule has 0 aromatic rings. The lowest BCUT2D eigenvalue weighted by molar-refractivity contribution is 0.573. The normalized spacial score (nSPS) is 29.6. The second-order valence-corrected chi connectivity index (χ2v) is 2.07. The minimum atomic E-state index is 0.282. The predicted molar refractivity (Wildman–Crippen MR) is 32.8 cm³/mol. The molecule has 40 valence electrons. The summed E-state index contributed by atoms with van der Waals surface area (Å²) in [5, 5.41) is 0.282. The Bertz CT molecular complexity index is 81.8. The number of rotatable bonds is 0. The number of hydrogen-bond acceptors (Lipinski definition) is 3.